The summed E-state index contributed by atoms with van der Waals surface area (Å²) in [6.45, 7) is 3.90. The van der Waals surface area contributed by atoms with Crippen molar-refractivity contribution in [2.75, 3.05) is 11.6 Å². The molecule has 1 aliphatic rings. The lowest BCUT2D eigenvalue weighted by Gasteiger charge is -2.28. The van der Waals surface area contributed by atoms with Crippen LogP contribution in [0.4, 0.5) is 0 Å². The number of alkyl halides is 1. The van der Waals surface area contributed by atoms with Crippen LogP contribution in [0.15, 0.2) is 0 Å². The van der Waals surface area contributed by atoms with Crippen LogP contribution >= 0.6 is 23.4 Å². The molecule has 1 atom stereocenters. The molecule has 2 nitrogen and oxygen atoms in total. The first kappa shape index (κ1) is 12.2. The summed E-state index contributed by atoms with van der Waals surface area (Å²) in [5.41, 5.74) is -0.281. The standard InChI is InChI=1S/C10H18ClNOS/c1-10(2,7-11)12-9(13)8-5-3-4-6-14-8/h8H,3-7H2,1-2H3,(H,12,13). The van der Waals surface area contributed by atoms with Crippen LogP contribution in [-0.4, -0.2) is 28.3 Å². The second kappa shape index (κ2) is 5.26. The summed E-state index contributed by atoms with van der Waals surface area (Å²) in [5.74, 6) is 1.72. The van der Waals surface area contributed by atoms with E-state index in [4.69, 9.17) is 11.6 Å². The Morgan fingerprint density at radius 2 is 2.29 bits per heavy atom. The Hall–Kier alpha value is 0.110. The van der Waals surface area contributed by atoms with Crippen molar-refractivity contribution in [3.8, 4) is 0 Å². The van der Waals surface area contributed by atoms with E-state index < -0.39 is 0 Å². The van der Waals surface area contributed by atoms with Gasteiger partial charge in [0.15, 0.2) is 0 Å². The van der Waals surface area contributed by atoms with E-state index >= 15 is 0 Å². The molecule has 0 aromatic carbocycles. The highest BCUT2D eigenvalue weighted by molar-refractivity contribution is 8.00. The molecule has 1 amide bonds. The second-order valence-electron chi connectivity index (χ2n) is 4.36. The fourth-order valence-electron chi connectivity index (χ4n) is 1.39. The quantitative estimate of drug-likeness (QED) is 0.762. The lowest BCUT2D eigenvalue weighted by molar-refractivity contribution is -0.122. The molecule has 1 aliphatic heterocycles. The highest BCUT2D eigenvalue weighted by atomic mass is 35.5. The molecule has 0 aromatic heterocycles. The van der Waals surface area contributed by atoms with E-state index in [1.165, 1.54) is 12.8 Å². The van der Waals surface area contributed by atoms with Gasteiger partial charge < -0.3 is 5.32 Å². The van der Waals surface area contributed by atoms with Gasteiger partial charge in [0.25, 0.3) is 0 Å². The van der Waals surface area contributed by atoms with Crippen LogP contribution < -0.4 is 5.32 Å². The number of hydrogen-bond acceptors (Lipinski definition) is 2. The van der Waals surface area contributed by atoms with Crippen molar-refractivity contribution in [1.82, 2.24) is 5.32 Å². The highest BCUT2D eigenvalue weighted by Crippen LogP contribution is 2.25. The molecule has 0 radical (unpaired) electrons. The predicted octanol–water partition coefficient (Wildman–Crippen LogP) is 2.41. The predicted molar refractivity (Wildman–Crippen MR) is 63.0 cm³/mol. The fourth-order valence-corrected chi connectivity index (χ4v) is 2.66. The molecule has 14 heavy (non-hydrogen) atoms. The number of rotatable bonds is 3. The van der Waals surface area contributed by atoms with E-state index in [9.17, 15) is 4.79 Å². The minimum absolute atomic E-state index is 0.145. The van der Waals surface area contributed by atoms with Crippen LogP contribution in [0.1, 0.15) is 33.1 Å². The number of thioether (sulfide) groups is 1. The van der Waals surface area contributed by atoms with Crippen LogP contribution in [0.2, 0.25) is 0 Å². The average Bonchev–Trinajstić information content (AvgIpc) is 2.19. The van der Waals surface area contributed by atoms with Gasteiger partial charge in [-0.3, -0.25) is 4.79 Å². The Balaban J connectivity index is 2.40. The Morgan fingerprint density at radius 1 is 1.57 bits per heavy atom. The van der Waals surface area contributed by atoms with Crippen LogP contribution in [0.5, 0.6) is 0 Å². The van der Waals surface area contributed by atoms with Crippen molar-refractivity contribution >= 4 is 29.3 Å². The first-order valence-corrected chi connectivity index (χ1v) is 6.63. The lowest BCUT2D eigenvalue weighted by atomic mass is 10.1. The number of hydrogen-bond donors (Lipinski definition) is 1. The van der Waals surface area contributed by atoms with E-state index in [1.54, 1.807) is 11.8 Å². The average molecular weight is 236 g/mol. The van der Waals surface area contributed by atoms with E-state index in [0.29, 0.717) is 5.88 Å². The van der Waals surface area contributed by atoms with Crippen LogP contribution in [0.3, 0.4) is 0 Å². The molecule has 1 unspecified atom stereocenters. The summed E-state index contributed by atoms with van der Waals surface area (Å²) in [7, 11) is 0. The Kier molecular flexibility index (Phi) is 4.58. The summed E-state index contributed by atoms with van der Waals surface area (Å²) in [4.78, 5) is 11.8. The normalized spacial score (nSPS) is 23.2. The maximum absolute atomic E-state index is 11.8. The van der Waals surface area contributed by atoms with E-state index in [-0.39, 0.29) is 16.7 Å². The topological polar surface area (TPSA) is 29.1 Å². The number of carbonyl (C=O) groups is 1. The number of halogens is 1. The van der Waals surface area contributed by atoms with Gasteiger partial charge in [0.05, 0.1) is 5.25 Å². The van der Waals surface area contributed by atoms with Crippen molar-refractivity contribution in [1.29, 1.82) is 0 Å². The summed E-state index contributed by atoms with van der Waals surface area (Å²) in [5, 5.41) is 3.13. The summed E-state index contributed by atoms with van der Waals surface area (Å²) < 4.78 is 0. The van der Waals surface area contributed by atoms with E-state index in [2.05, 4.69) is 5.32 Å². The molecular formula is C10H18ClNOS. The van der Waals surface area contributed by atoms with Crippen molar-refractivity contribution < 1.29 is 4.79 Å². The molecule has 4 heteroatoms. The minimum Gasteiger partial charge on any atom is -0.349 e. The maximum atomic E-state index is 11.8. The monoisotopic (exact) mass is 235 g/mol. The number of amides is 1. The van der Waals surface area contributed by atoms with Gasteiger partial charge in [0.1, 0.15) is 0 Å². The third-order valence-electron chi connectivity index (χ3n) is 2.27. The Labute approximate surface area is 95.2 Å². The van der Waals surface area contributed by atoms with Crippen molar-refractivity contribution in [3.63, 3.8) is 0 Å². The first-order chi connectivity index (χ1) is 6.55. The van der Waals surface area contributed by atoms with Crippen LogP contribution in [0, 0.1) is 0 Å². The molecule has 1 fully saturated rings. The Bertz CT molecular complexity index is 202. The molecule has 1 rings (SSSR count). The first-order valence-electron chi connectivity index (χ1n) is 5.05. The molecule has 82 valence electrons. The molecule has 0 aromatic rings. The zero-order chi connectivity index (χ0) is 10.6. The van der Waals surface area contributed by atoms with Gasteiger partial charge in [0.2, 0.25) is 5.91 Å². The van der Waals surface area contributed by atoms with Gasteiger partial charge in [0, 0.05) is 11.4 Å². The maximum Gasteiger partial charge on any atom is 0.233 e. The summed E-state index contributed by atoms with van der Waals surface area (Å²) in [6.07, 6.45) is 3.43. The molecule has 1 heterocycles. The third-order valence-corrected chi connectivity index (χ3v) is 4.31. The molecule has 0 bridgehead atoms. The van der Waals surface area contributed by atoms with Crippen LogP contribution in [0.25, 0.3) is 0 Å². The summed E-state index contributed by atoms with van der Waals surface area (Å²) in [6, 6.07) is 0. The minimum atomic E-state index is -0.281. The highest BCUT2D eigenvalue weighted by Gasteiger charge is 2.26. The van der Waals surface area contributed by atoms with E-state index in [0.717, 1.165) is 12.2 Å². The summed E-state index contributed by atoms with van der Waals surface area (Å²) >= 11 is 7.52. The lowest BCUT2D eigenvalue weighted by Crippen LogP contribution is -2.48. The van der Waals surface area contributed by atoms with E-state index in [1.807, 2.05) is 13.8 Å². The van der Waals surface area contributed by atoms with Crippen molar-refractivity contribution in [3.05, 3.63) is 0 Å². The molecule has 0 aliphatic carbocycles. The second-order valence-corrected chi connectivity index (χ2v) is 5.94. The molecule has 1 saturated heterocycles. The van der Waals surface area contributed by atoms with Gasteiger partial charge in [-0.1, -0.05) is 6.42 Å². The molecular weight excluding hydrogens is 218 g/mol. The van der Waals surface area contributed by atoms with Gasteiger partial charge in [-0.25, -0.2) is 0 Å². The fraction of sp³-hybridized carbons (Fsp3) is 0.900. The zero-order valence-electron chi connectivity index (χ0n) is 8.81. The SMILES string of the molecule is CC(C)(CCl)NC(=O)C1CCCCS1. The van der Waals surface area contributed by atoms with Gasteiger partial charge in [-0.05, 0) is 32.4 Å². The van der Waals surface area contributed by atoms with Gasteiger partial charge in [-0.2, -0.15) is 0 Å². The molecule has 0 spiro atoms. The van der Waals surface area contributed by atoms with Gasteiger partial charge in [-0.15, -0.1) is 23.4 Å². The zero-order valence-corrected chi connectivity index (χ0v) is 10.4. The molecule has 1 N–H and O–H groups in total. The third kappa shape index (κ3) is 3.70. The number of nitrogens with one attached hydrogen (secondary N) is 1. The molecule has 0 saturated carbocycles. The smallest absolute Gasteiger partial charge is 0.233 e. The van der Waals surface area contributed by atoms with Crippen LogP contribution in [-0.2, 0) is 4.79 Å². The number of carbonyl (C=O) groups excluding carboxylic acids is 1. The Morgan fingerprint density at radius 3 is 2.79 bits per heavy atom. The van der Waals surface area contributed by atoms with Crippen molar-refractivity contribution in [2.45, 2.75) is 43.9 Å². The van der Waals surface area contributed by atoms with Crippen molar-refractivity contribution in [2.24, 2.45) is 0 Å². The largest absolute Gasteiger partial charge is 0.349 e. The van der Waals surface area contributed by atoms with Gasteiger partial charge >= 0.3 is 0 Å².